The van der Waals surface area contributed by atoms with Gasteiger partial charge in [0.05, 0.1) is 0 Å². The maximum atomic E-state index is 15.5. The summed E-state index contributed by atoms with van der Waals surface area (Å²) in [5, 5.41) is 10.2. The first-order valence-corrected chi connectivity index (χ1v) is 9.66. The average molecular weight is 445 g/mol. The molecule has 4 atom stereocenters. The van der Waals surface area contributed by atoms with Crippen molar-refractivity contribution in [2.45, 2.75) is 25.1 Å². The van der Waals surface area contributed by atoms with E-state index in [4.69, 9.17) is 13.8 Å². The highest BCUT2D eigenvalue weighted by molar-refractivity contribution is 7.33. The fourth-order valence-electron chi connectivity index (χ4n) is 2.32. The Morgan fingerprint density at radius 1 is 1.33 bits per heavy atom. The Morgan fingerprint density at radius 3 is 2.57 bits per heavy atom. The Hall–Kier alpha value is -2.72. The summed E-state index contributed by atoms with van der Waals surface area (Å²) in [5.41, 5.74) is -1.91. The summed E-state index contributed by atoms with van der Waals surface area (Å²) in [4.78, 5) is 24.9. The highest BCUT2D eigenvalue weighted by atomic mass is 31.1. The van der Waals surface area contributed by atoms with Gasteiger partial charge in [0, 0.05) is 16.8 Å². The van der Waals surface area contributed by atoms with Crippen LogP contribution >= 0.6 is 8.25 Å². The van der Waals surface area contributed by atoms with Crippen LogP contribution in [-0.4, -0.2) is 39.9 Å². The van der Waals surface area contributed by atoms with Crippen LogP contribution < -0.4 is 15.8 Å². The minimum absolute atomic E-state index is 0.105. The van der Waals surface area contributed by atoms with Gasteiger partial charge in [-0.15, -0.1) is 4.52 Å². The molecule has 0 saturated heterocycles. The third-order valence-corrected chi connectivity index (χ3v) is 4.49. The first-order valence-electron chi connectivity index (χ1n) is 8.57. The van der Waals surface area contributed by atoms with Crippen LogP contribution in [0.2, 0.25) is 0 Å². The standard InChI is InChI=1S/C18H19F2N2O7P/c1-12(2)16(24)18(20,11-27-30(26)29-13-6-4-3-5-7-13)28-15(10-19)22-9-8-14(23)21-17(22)25/h3-9,15-16,24H,1,10-11H2,2H3/p+1/t15-,16?,18-/m1/s1. The lowest BCUT2D eigenvalue weighted by Crippen LogP contribution is -2.48. The van der Waals surface area contributed by atoms with Crippen LogP contribution in [0.25, 0.3) is 0 Å². The minimum atomic E-state index is -3.15. The molecule has 1 heterocycles. The summed E-state index contributed by atoms with van der Waals surface area (Å²) in [7, 11) is -2.88. The average Bonchev–Trinajstić information content (AvgIpc) is 2.71. The van der Waals surface area contributed by atoms with Crippen LogP contribution in [0.1, 0.15) is 13.2 Å². The van der Waals surface area contributed by atoms with Crippen molar-refractivity contribution in [3.63, 3.8) is 0 Å². The van der Waals surface area contributed by atoms with Crippen LogP contribution in [0.3, 0.4) is 0 Å². The predicted molar refractivity (Wildman–Crippen MR) is 103 cm³/mol. The van der Waals surface area contributed by atoms with E-state index in [1.165, 1.54) is 19.1 Å². The molecule has 2 aromatic rings. The number of hydrogen-bond acceptors (Lipinski definition) is 7. The molecule has 30 heavy (non-hydrogen) atoms. The van der Waals surface area contributed by atoms with Crippen molar-refractivity contribution >= 4 is 8.25 Å². The van der Waals surface area contributed by atoms with Gasteiger partial charge in [-0.3, -0.25) is 14.3 Å². The van der Waals surface area contributed by atoms with Gasteiger partial charge in [-0.1, -0.05) is 24.8 Å². The molecule has 0 aliphatic heterocycles. The van der Waals surface area contributed by atoms with Gasteiger partial charge in [-0.25, -0.2) is 18.1 Å². The van der Waals surface area contributed by atoms with Crippen molar-refractivity contribution in [3.8, 4) is 5.75 Å². The Morgan fingerprint density at radius 2 is 2.00 bits per heavy atom. The molecule has 0 radical (unpaired) electrons. The quantitative estimate of drug-likeness (QED) is 0.403. The Bertz CT molecular complexity index is 998. The van der Waals surface area contributed by atoms with E-state index in [0.717, 1.165) is 12.3 Å². The molecule has 0 aliphatic carbocycles. The molecule has 12 heteroatoms. The summed E-state index contributed by atoms with van der Waals surface area (Å²) < 4.78 is 56.4. The van der Waals surface area contributed by atoms with Gasteiger partial charge in [0.25, 0.3) is 11.4 Å². The molecule has 0 saturated carbocycles. The molecule has 2 N–H and O–H groups in total. The molecule has 1 aromatic heterocycles. The normalized spacial score (nSPS) is 15.7. The van der Waals surface area contributed by atoms with E-state index in [0.29, 0.717) is 4.57 Å². The zero-order chi connectivity index (χ0) is 22.3. The third-order valence-electron chi connectivity index (χ3n) is 3.79. The minimum Gasteiger partial charge on any atom is -0.383 e. The molecule has 0 aliphatic rings. The first-order chi connectivity index (χ1) is 14.2. The number of para-hydroxylation sites is 1. The largest absolute Gasteiger partial charge is 0.750 e. The number of H-pyrrole nitrogens is 1. The van der Waals surface area contributed by atoms with Crippen molar-refractivity contribution in [1.29, 1.82) is 0 Å². The van der Waals surface area contributed by atoms with Gasteiger partial charge in [0.1, 0.15) is 12.8 Å². The summed E-state index contributed by atoms with van der Waals surface area (Å²) in [6.07, 6.45) is -2.99. The number of alkyl halides is 2. The van der Waals surface area contributed by atoms with Crippen molar-refractivity contribution in [1.82, 2.24) is 9.55 Å². The van der Waals surface area contributed by atoms with E-state index in [2.05, 4.69) is 6.58 Å². The fourth-order valence-corrected chi connectivity index (χ4v) is 2.95. The second-order valence-corrected chi connectivity index (χ2v) is 7.07. The van der Waals surface area contributed by atoms with Crippen LogP contribution in [0.5, 0.6) is 5.75 Å². The third kappa shape index (κ3) is 6.14. The lowest BCUT2D eigenvalue weighted by atomic mass is 10.1. The zero-order valence-corrected chi connectivity index (χ0v) is 16.8. The van der Waals surface area contributed by atoms with E-state index >= 15 is 4.39 Å². The molecule has 162 valence electrons. The van der Waals surface area contributed by atoms with E-state index in [1.807, 2.05) is 4.98 Å². The van der Waals surface area contributed by atoms with Gasteiger partial charge in [0.2, 0.25) is 0 Å². The number of ether oxygens (including phenoxy) is 1. The van der Waals surface area contributed by atoms with Gasteiger partial charge < -0.3 is 9.84 Å². The van der Waals surface area contributed by atoms with Crippen LogP contribution in [0.15, 0.2) is 64.3 Å². The molecule has 2 rings (SSSR count). The molecule has 0 bridgehead atoms. The number of benzene rings is 1. The molecule has 0 spiro atoms. The number of nitrogens with one attached hydrogen (secondary N) is 1. The second kappa shape index (κ2) is 10.4. The number of aromatic nitrogens is 2. The number of aliphatic hydroxyl groups excluding tert-OH is 1. The van der Waals surface area contributed by atoms with E-state index in [9.17, 15) is 23.7 Å². The van der Waals surface area contributed by atoms with E-state index in [1.54, 1.807) is 18.2 Å². The lowest BCUT2D eigenvalue weighted by Gasteiger charge is -2.32. The van der Waals surface area contributed by atoms with Gasteiger partial charge in [0.15, 0.2) is 18.6 Å². The number of aliphatic hydroxyl groups is 1. The van der Waals surface area contributed by atoms with Crippen molar-refractivity contribution in [3.05, 3.63) is 75.6 Å². The topological polar surface area (TPSA) is 120 Å². The highest BCUT2D eigenvalue weighted by Gasteiger charge is 2.46. The first kappa shape index (κ1) is 23.6. The maximum Gasteiger partial charge on any atom is 0.750 e. The fraction of sp³-hybridized carbons (Fsp3) is 0.333. The lowest BCUT2D eigenvalue weighted by molar-refractivity contribution is -0.256. The molecule has 1 aromatic carbocycles. The Labute approximate surface area is 170 Å². The van der Waals surface area contributed by atoms with Crippen LogP contribution in [-0.2, 0) is 13.8 Å². The summed E-state index contributed by atoms with van der Waals surface area (Å²) >= 11 is 0. The van der Waals surface area contributed by atoms with Crippen molar-refractivity contribution < 1.29 is 32.2 Å². The smallest absolute Gasteiger partial charge is 0.383 e. The van der Waals surface area contributed by atoms with Crippen molar-refractivity contribution in [2.75, 3.05) is 13.3 Å². The molecule has 2 unspecified atom stereocenters. The number of rotatable bonds is 11. The number of aromatic amines is 1. The summed E-state index contributed by atoms with van der Waals surface area (Å²) in [6, 6.07) is 8.80. The maximum absolute atomic E-state index is 15.5. The number of halogens is 2. The molecular weight excluding hydrogens is 425 g/mol. The zero-order valence-electron chi connectivity index (χ0n) is 15.9. The predicted octanol–water partition coefficient (Wildman–Crippen LogP) is 2.38. The summed E-state index contributed by atoms with van der Waals surface area (Å²) in [6.45, 7) is 2.15. The monoisotopic (exact) mass is 445 g/mol. The Kier molecular flexibility index (Phi) is 8.13. The molecular formula is C18H20F2N2O7P+. The molecule has 9 nitrogen and oxygen atoms in total. The van der Waals surface area contributed by atoms with E-state index < -0.39 is 51.0 Å². The number of hydrogen-bond donors (Lipinski definition) is 2. The molecule has 0 fully saturated rings. The van der Waals surface area contributed by atoms with Crippen LogP contribution in [0, 0.1) is 0 Å². The molecule has 0 amide bonds. The van der Waals surface area contributed by atoms with Gasteiger partial charge in [-0.2, -0.15) is 0 Å². The van der Waals surface area contributed by atoms with E-state index in [-0.39, 0.29) is 11.3 Å². The van der Waals surface area contributed by atoms with Crippen LogP contribution in [0.4, 0.5) is 8.78 Å². The Balaban J connectivity index is 2.20. The van der Waals surface area contributed by atoms with Crippen molar-refractivity contribution in [2.24, 2.45) is 0 Å². The SMILES string of the molecule is C=C(C)C(O)[C@@](F)(CO[P+](=O)Oc1ccccc1)O[C@H](CF)n1ccc(=O)[nH]c1=O. The summed E-state index contributed by atoms with van der Waals surface area (Å²) in [5.74, 6) is -2.96. The van der Waals surface area contributed by atoms with Gasteiger partial charge in [-0.05, 0) is 24.6 Å². The highest BCUT2D eigenvalue weighted by Crippen LogP contribution is 2.34. The number of nitrogens with zero attached hydrogens (tertiary/aromatic N) is 1. The second-order valence-electron chi connectivity index (χ2n) is 6.18. The van der Waals surface area contributed by atoms with Gasteiger partial charge >= 0.3 is 13.9 Å².